The second-order valence-electron chi connectivity index (χ2n) is 37.8. The highest BCUT2D eigenvalue weighted by Gasteiger charge is 2.24. The highest BCUT2D eigenvalue weighted by atomic mass is 15.0. The maximum Gasteiger partial charge on any atom is 0.0547 e. The van der Waals surface area contributed by atoms with E-state index in [2.05, 4.69) is 573 Å². The van der Waals surface area contributed by atoms with Crippen LogP contribution in [0, 0.1) is 0 Å². The lowest BCUT2D eigenvalue weighted by atomic mass is 9.98. The summed E-state index contributed by atoms with van der Waals surface area (Å²) in [4.78, 5) is 0. The molecule has 0 saturated heterocycles. The van der Waals surface area contributed by atoms with Gasteiger partial charge in [-0.25, -0.2) is 0 Å². The average Bonchev–Trinajstić information content (AvgIpc) is 1.60. The lowest BCUT2D eigenvalue weighted by molar-refractivity contribution is 1.18. The van der Waals surface area contributed by atoms with Gasteiger partial charge in [0.25, 0.3) is 0 Å². The summed E-state index contributed by atoms with van der Waals surface area (Å²) >= 11 is 0. The topological polar surface area (TPSA) is 29.6 Å². The molecule has 0 aliphatic carbocycles. The first kappa shape index (κ1) is 83.1. The number of fused-ring (bicyclic) bond motifs is 21. The predicted molar refractivity (Wildman–Crippen MR) is 610 cm³/mol. The van der Waals surface area contributed by atoms with Crippen molar-refractivity contribution in [2.45, 2.75) is 0 Å². The summed E-state index contributed by atoms with van der Waals surface area (Å²) in [6.07, 6.45) is 0. The van der Waals surface area contributed by atoms with Crippen molar-refractivity contribution in [2.75, 3.05) is 0 Å². The molecule has 6 nitrogen and oxygen atoms in total. The summed E-state index contributed by atoms with van der Waals surface area (Å²) in [5, 5.41) is 22.7. The molecule has 30 rings (SSSR count). The molecule has 672 valence electrons. The molecule has 0 atom stereocenters. The van der Waals surface area contributed by atoms with Gasteiger partial charge in [0, 0.05) is 98.8 Å². The van der Waals surface area contributed by atoms with Crippen molar-refractivity contribution in [1.29, 1.82) is 0 Å². The van der Waals surface area contributed by atoms with Crippen molar-refractivity contribution in [1.82, 2.24) is 27.4 Å². The van der Waals surface area contributed by atoms with Crippen LogP contribution in [0.25, 0.3) is 264 Å². The van der Waals surface area contributed by atoms with Crippen LogP contribution < -0.4 is 0 Å². The number of rotatable bonds is 12. The third-order valence-electron chi connectivity index (χ3n) is 29.7. The van der Waals surface area contributed by atoms with Crippen LogP contribution >= 0.6 is 0 Å². The van der Waals surface area contributed by atoms with Gasteiger partial charge in [-0.1, -0.05) is 370 Å². The smallest absolute Gasteiger partial charge is 0.0547 e. The second kappa shape index (κ2) is 34.5. The lowest BCUT2D eigenvalue weighted by Crippen LogP contribution is -1.94. The minimum absolute atomic E-state index is 1.16. The number of aromatic nitrogens is 6. The summed E-state index contributed by atoms with van der Waals surface area (Å²) in [7, 11) is 0. The molecule has 6 heterocycles. The Morgan fingerprint density at radius 3 is 0.715 bits per heavy atom. The number of hydrogen-bond donors (Lipinski definition) is 0. The van der Waals surface area contributed by atoms with Gasteiger partial charge in [0.05, 0.1) is 66.2 Å². The first-order valence-electron chi connectivity index (χ1n) is 49.6. The van der Waals surface area contributed by atoms with E-state index < -0.39 is 0 Å². The Balaban J connectivity index is 0.000000105. The number of benzene rings is 24. The van der Waals surface area contributed by atoms with Crippen molar-refractivity contribution < 1.29 is 0 Å². The van der Waals surface area contributed by atoms with E-state index in [-0.39, 0.29) is 0 Å². The molecule has 0 aliphatic heterocycles. The van der Waals surface area contributed by atoms with E-state index in [9.17, 15) is 0 Å². The standard InChI is InChI=1S/3C46H30N2/c1-2-15-35(16-3-1)47-43-22-8-6-19-39(43)41-26-24-33(30-46(41)47)32-25-27-45-42(29-32)40-20-7-9-23-44(40)48(45)36-17-10-14-34(28-36)38-21-11-13-31-12-4-5-18-37(31)38;1-2-14-37(15-3-1)47-43-19-8-6-17-39(43)41-25-23-36(30-46(41)47)35-24-26-45-42(29-35)40-18-7-9-20-44(40)48(45)38-16-10-13-33(28-38)34-22-21-31-11-4-5-12-32(31)27-34;1-2-12-37(13-3-1)47-44-17-9-7-15-40(44)42-29-35(23-27-45(42)47)36-22-26-41-39-14-6-8-16-43(39)48(46(41)30-36)38-24-20-32(21-25-38)34-19-18-31-10-4-5-11-33(31)28-34/h3*1-30H. The van der Waals surface area contributed by atoms with E-state index in [1.165, 1.54) is 247 Å². The Bertz CT molecular complexity index is 10300. The Kier molecular flexibility index (Phi) is 19.9. The van der Waals surface area contributed by atoms with Crippen molar-refractivity contribution >= 4 is 163 Å². The molecule has 6 heteroatoms. The Morgan fingerprint density at radius 2 is 0.319 bits per heavy atom. The van der Waals surface area contributed by atoms with E-state index >= 15 is 0 Å². The minimum atomic E-state index is 1.16. The highest BCUT2D eigenvalue weighted by Crippen LogP contribution is 2.46. The van der Waals surface area contributed by atoms with Gasteiger partial charge in [0.15, 0.2) is 0 Å². The SMILES string of the molecule is c1ccc(-n2c3ccccc3c3cc(-c4ccc5c6ccccc6n(-c6ccc(-c7ccc8ccccc8c7)cc6)c5c4)ccc32)cc1.c1ccc(-n2c3ccccc3c3ccc(-c4ccc5c(c4)c4ccccc4n5-c4cccc(-c5ccc6ccccc6c5)c4)cc32)cc1.c1ccc(-n2c3ccccc3c3ccc(-c4ccc5c(c4)c4ccccc4n5-c4cccc(-c5cccc6ccccc56)c4)cc32)cc1. The fourth-order valence-electron chi connectivity index (χ4n) is 23.0. The van der Waals surface area contributed by atoms with Gasteiger partial charge >= 0.3 is 0 Å². The molecule has 0 N–H and O–H groups in total. The maximum atomic E-state index is 2.42. The van der Waals surface area contributed by atoms with Crippen LogP contribution in [0.1, 0.15) is 0 Å². The molecule has 6 aromatic heterocycles. The molecule has 0 bridgehead atoms. The average molecular weight is 1830 g/mol. The summed E-state index contributed by atoms with van der Waals surface area (Å²) in [6.45, 7) is 0. The van der Waals surface area contributed by atoms with Gasteiger partial charge in [0.1, 0.15) is 0 Å². The Hall–Kier alpha value is -19.1. The van der Waals surface area contributed by atoms with Crippen LogP contribution in [0.15, 0.2) is 546 Å². The largest absolute Gasteiger partial charge is 0.309 e. The molecule has 0 fully saturated rings. The fourth-order valence-corrected chi connectivity index (χ4v) is 23.0. The summed E-state index contributed by atoms with van der Waals surface area (Å²) < 4.78 is 14.4. The zero-order valence-electron chi connectivity index (χ0n) is 78.6. The first-order chi connectivity index (χ1) is 71.4. The van der Waals surface area contributed by atoms with Crippen LogP contribution in [0.2, 0.25) is 0 Å². The van der Waals surface area contributed by atoms with Gasteiger partial charge in [-0.3, -0.25) is 0 Å². The van der Waals surface area contributed by atoms with Gasteiger partial charge < -0.3 is 27.4 Å². The normalized spacial score (nSPS) is 11.8. The summed E-state index contributed by atoms with van der Waals surface area (Å²) in [5.74, 6) is 0. The van der Waals surface area contributed by atoms with Gasteiger partial charge in [0.2, 0.25) is 0 Å². The van der Waals surface area contributed by atoms with Crippen molar-refractivity contribution in [3.05, 3.63) is 546 Å². The molecule has 0 aliphatic rings. The van der Waals surface area contributed by atoms with Crippen molar-refractivity contribution in [3.63, 3.8) is 0 Å². The molecule has 0 spiro atoms. The van der Waals surface area contributed by atoms with E-state index in [1.807, 2.05) is 0 Å². The zero-order chi connectivity index (χ0) is 94.8. The fraction of sp³-hybridized carbons (Fsp3) is 0. The number of hydrogen-bond acceptors (Lipinski definition) is 0. The first-order valence-corrected chi connectivity index (χ1v) is 49.6. The van der Waals surface area contributed by atoms with Gasteiger partial charge in [-0.05, 0) is 275 Å². The molecular formula is C138H90N6. The second-order valence-corrected chi connectivity index (χ2v) is 37.8. The molecule has 0 saturated carbocycles. The van der Waals surface area contributed by atoms with E-state index in [0.717, 1.165) is 17.1 Å². The predicted octanol–water partition coefficient (Wildman–Crippen LogP) is 37.1. The van der Waals surface area contributed by atoms with E-state index in [1.54, 1.807) is 0 Å². The quantitative estimate of drug-likeness (QED) is 0.117. The lowest BCUT2D eigenvalue weighted by Gasteiger charge is -2.12. The van der Waals surface area contributed by atoms with Crippen LogP contribution in [0.5, 0.6) is 0 Å². The van der Waals surface area contributed by atoms with Crippen LogP contribution in [0.4, 0.5) is 0 Å². The third-order valence-corrected chi connectivity index (χ3v) is 29.7. The molecule has 24 aromatic carbocycles. The highest BCUT2D eigenvalue weighted by molar-refractivity contribution is 6.17. The van der Waals surface area contributed by atoms with E-state index in [0.29, 0.717) is 0 Å². The van der Waals surface area contributed by atoms with Crippen molar-refractivity contribution in [2.24, 2.45) is 0 Å². The Morgan fingerprint density at radius 1 is 0.0903 bits per heavy atom. The van der Waals surface area contributed by atoms with Gasteiger partial charge in [-0.2, -0.15) is 0 Å². The van der Waals surface area contributed by atoms with E-state index in [4.69, 9.17) is 0 Å². The summed E-state index contributed by atoms with van der Waals surface area (Å²) in [6, 6.07) is 199. The molecule has 0 amide bonds. The third kappa shape index (κ3) is 14.1. The maximum absolute atomic E-state index is 2.42. The monoisotopic (exact) mass is 1830 g/mol. The van der Waals surface area contributed by atoms with Crippen LogP contribution in [0.3, 0.4) is 0 Å². The van der Waals surface area contributed by atoms with Crippen LogP contribution in [-0.2, 0) is 0 Å². The van der Waals surface area contributed by atoms with Gasteiger partial charge in [-0.15, -0.1) is 0 Å². The molecule has 0 radical (unpaired) electrons. The molecular weight excluding hydrogens is 1740 g/mol. The number of para-hydroxylation sites is 9. The molecule has 0 unspecified atom stereocenters. The Labute approximate surface area is 831 Å². The molecule has 30 aromatic rings. The van der Waals surface area contributed by atoms with Crippen LogP contribution in [-0.4, -0.2) is 27.4 Å². The summed E-state index contributed by atoms with van der Waals surface area (Å²) in [5.41, 5.74) is 36.2. The molecule has 144 heavy (non-hydrogen) atoms. The minimum Gasteiger partial charge on any atom is -0.309 e. The number of nitrogens with zero attached hydrogens (tertiary/aromatic N) is 6. The van der Waals surface area contributed by atoms with Crippen molar-refractivity contribution in [3.8, 4) is 101 Å². The zero-order valence-corrected chi connectivity index (χ0v) is 78.6.